The Kier molecular flexibility index (Phi) is 6.02. The molecule has 0 fully saturated rings. The Balaban J connectivity index is 0.00000180. The van der Waals surface area contributed by atoms with Crippen molar-refractivity contribution in [2.75, 3.05) is 0 Å². The van der Waals surface area contributed by atoms with Crippen molar-refractivity contribution in [1.82, 2.24) is 0 Å². The maximum absolute atomic E-state index is 11.5. The summed E-state index contributed by atoms with van der Waals surface area (Å²) in [6.45, 7) is 2.03. The van der Waals surface area contributed by atoms with Crippen LogP contribution in [0, 0.1) is 0 Å². The van der Waals surface area contributed by atoms with Crippen LogP contribution < -0.4 is 29.6 Å². The molecule has 2 rings (SSSR count). The second kappa shape index (κ2) is 6.86. The normalized spacial score (nSPS) is 11.3. The van der Waals surface area contributed by atoms with E-state index in [9.17, 15) is 13.0 Å². The van der Waals surface area contributed by atoms with Gasteiger partial charge in [-0.3, -0.25) is 0 Å². The minimum absolute atomic E-state index is 0. The SMILES string of the molecule is CCCCc1ccc2ccccc2c1S(=O)(=O)[O-].[Na+]. The fourth-order valence-electron chi connectivity index (χ4n) is 2.15. The standard InChI is InChI=1S/C14H16O3S.Na/c1-2-3-6-12-10-9-11-7-4-5-8-13(11)14(12)18(15,16)17;/h4-5,7-10H,2-3,6H2,1H3,(H,15,16,17);/q;+1/p-1. The molecule has 0 aromatic heterocycles. The molecule has 0 atom stereocenters. The minimum Gasteiger partial charge on any atom is -0.744 e. The van der Waals surface area contributed by atoms with Gasteiger partial charge < -0.3 is 4.55 Å². The molecule has 0 saturated heterocycles. The molecule has 0 saturated carbocycles. The van der Waals surface area contributed by atoms with E-state index in [-0.39, 0.29) is 34.5 Å². The van der Waals surface area contributed by atoms with Gasteiger partial charge in [-0.1, -0.05) is 49.7 Å². The Morgan fingerprint density at radius 1 is 1.11 bits per heavy atom. The quantitative estimate of drug-likeness (QED) is 0.591. The van der Waals surface area contributed by atoms with Gasteiger partial charge in [0.1, 0.15) is 10.1 Å². The molecule has 2 aromatic carbocycles. The number of benzene rings is 2. The molecule has 0 unspecified atom stereocenters. The molecule has 96 valence electrons. The van der Waals surface area contributed by atoms with Gasteiger partial charge in [-0.15, -0.1) is 0 Å². The first-order valence-corrected chi connectivity index (χ1v) is 7.41. The van der Waals surface area contributed by atoms with Gasteiger partial charge in [0, 0.05) is 0 Å². The predicted molar refractivity (Wildman–Crippen MR) is 70.5 cm³/mol. The van der Waals surface area contributed by atoms with Crippen molar-refractivity contribution in [2.24, 2.45) is 0 Å². The first kappa shape index (κ1) is 16.7. The summed E-state index contributed by atoms with van der Waals surface area (Å²) in [5.74, 6) is 0. The van der Waals surface area contributed by atoms with E-state index in [2.05, 4.69) is 0 Å². The smallest absolute Gasteiger partial charge is 0.744 e. The van der Waals surface area contributed by atoms with Gasteiger partial charge in [-0.05, 0) is 29.2 Å². The fourth-order valence-corrected chi connectivity index (χ4v) is 3.09. The molecule has 0 bridgehead atoms. The van der Waals surface area contributed by atoms with Crippen molar-refractivity contribution in [3.05, 3.63) is 42.0 Å². The van der Waals surface area contributed by atoms with Crippen LogP contribution in [-0.2, 0) is 16.5 Å². The third kappa shape index (κ3) is 3.80. The molecule has 0 aliphatic rings. The molecule has 0 radical (unpaired) electrons. The van der Waals surface area contributed by atoms with Gasteiger partial charge in [0.05, 0.1) is 4.90 Å². The van der Waals surface area contributed by atoms with E-state index in [4.69, 9.17) is 0 Å². The van der Waals surface area contributed by atoms with Crippen LogP contribution in [0.1, 0.15) is 25.3 Å². The van der Waals surface area contributed by atoms with Crippen molar-refractivity contribution in [3.63, 3.8) is 0 Å². The fraction of sp³-hybridized carbons (Fsp3) is 0.286. The van der Waals surface area contributed by atoms with E-state index >= 15 is 0 Å². The Morgan fingerprint density at radius 3 is 2.42 bits per heavy atom. The van der Waals surface area contributed by atoms with Crippen LogP contribution in [0.2, 0.25) is 0 Å². The van der Waals surface area contributed by atoms with Gasteiger partial charge >= 0.3 is 29.6 Å². The van der Waals surface area contributed by atoms with Crippen molar-refractivity contribution < 1.29 is 42.5 Å². The molecule has 0 aliphatic carbocycles. The van der Waals surface area contributed by atoms with Gasteiger partial charge in [-0.2, -0.15) is 0 Å². The number of hydrogen-bond donors (Lipinski definition) is 0. The zero-order valence-electron chi connectivity index (χ0n) is 11.2. The van der Waals surface area contributed by atoms with E-state index in [1.807, 2.05) is 25.1 Å². The molecular formula is C14H15NaO3S. The average Bonchev–Trinajstić information content (AvgIpc) is 2.34. The molecule has 0 spiro atoms. The molecule has 0 N–H and O–H groups in total. The molecule has 0 heterocycles. The summed E-state index contributed by atoms with van der Waals surface area (Å²) >= 11 is 0. The van der Waals surface area contributed by atoms with E-state index in [0.717, 1.165) is 18.2 Å². The van der Waals surface area contributed by atoms with Crippen LogP contribution in [0.15, 0.2) is 41.3 Å². The number of aryl methyl sites for hydroxylation is 1. The van der Waals surface area contributed by atoms with Crippen molar-refractivity contribution in [2.45, 2.75) is 31.1 Å². The first-order chi connectivity index (χ1) is 8.54. The summed E-state index contributed by atoms with van der Waals surface area (Å²) in [5, 5.41) is 1.31. The minimum atomic E-state index is -4.44. The molecule has 5 heteroatoms. The van der Waals surface area contributed by atoms with E-state index < -0.39 is 10.1 Å². The molecular weight excluding hydrogens is 271 g/mol. The van der Waals surface area contributed by atoms with Crippen molar-refractivity contribution in [3.8, 4) is 0 Å². The van der Waals surface area contributed by atoms with Crippen LogP contribution in [-0.4, -0.2) is 13.0 Å². The molecule has 2 aromatic rings. The predicted octanol–water partition coefficient (Wildman–Crippen LogP) is 0.0905. The number of hydrogen-bond acceptors (Lipinski definition) is 3. The first-order valence-electron chi connectivity index (χ1n) is 6.00. The summed E-state index contributed by atoms with van der Waals surface area (Å²) < 4.78 is 34.4. The third-order valence-electron chi connectivity index (χ3n) is 3.01. The third-order valence-corrected chi connectivity index (χ3v) is 3.99. The maximum atomic E-state index is 11.5. The molecule has 0 aliphatic heterocycles. The van der Waals surface area contributed by atoms with Gasteiger partial charge in [0.2, 0.25) is 0 Å². The van der Waals surface area contributed by atoms with Crippen LogP contribution >= 0.6 is 0 Å². The topological polar surface area (TPSA) is 57.2 Å². The number of fused-ring (bicyclic) bond motifs is 1. The monoisotopic (exact) mass is 286 g/mol. The summed E-state index contributed by atoms with van der Waals surface area (Å²) in [6, 6.07) is 10.7. The van der Waals surface area contributed by atoms with E-state index in [0.29, 0.717) is 17.4 Å². The van der Waals surface area contributed by atoms with Gasteiger partial charge in [0.25, 0.3) is 0 Å². The largest absolute Gasteiger partial charge is 1.00 e. The van der Waals surface area contributed by atoms with Gasteiger partial charge in [-0.25, -0.2) is 8.42 Å². The van der Waals surface area contributed by atoms with Gasteiger partial charge in [0.15, 0.2) is 0 Å². The molecule has 0 amide bonds. The Labute approximate surface area is 136 Å². The van der Waals surface area contributed by atoms with Crippen LogP contribution in [0.4, 0.5) is 0 Å². The summed E-state index contributed by atoms with van der Waals surface area (Å²) in [5.41, 5.74) is 0.630. The number of rotatable bonds is 4. The average molecular weight is 286 g/mol. The summed E-state index contributed by atoms with van der Waals surface area (Å²) in [7, 11) is -4.44. The Bertz CT molecular complexity index is 665. The summed E-state index contributed by atoms with van der Waals surface area (Å²) in [4.78, 5) is -0.0472. The zero-order valence-corrected chi connectivity index (χ0v) is 14.0. The van der Waals surface area contributed by atoms with Crippen LogP contribution in [0.25, 0.3) is 10.8 Å². The Hall–Kier alpha value is -0.390. The molecule has 3 nitrogen and oxygen atoms in total. The zero-order chi connectivity index (χ0) is 13.2. The molecule has 19 heavy (non-hydrogen) atoms. The maximum Gasteiger partial charge on any atom is 1.00 e. The Morgan fingerprint density at radius 2 is 1.79 bits per heavy atom. The van der Waals surface area contributed by atoms with E-state index in [1.165, 1.54) is 0 Å². The van der Waals surface area contributed by atoms with Crippen LogP contribution in [0.5, 0.6) is 0 Å². The van der Waals surface area contributed by atoms with E-state index in [1.54, 1.807) is 18.2 Å². The van der Waals surface area contributed by atoms with Crippen LogP contribution in [0.3, 0.4) is 0 Å². The summed E-state index contributed by atoms with van der Waals surface area (Å²) in [6.07, 6.45) is 2.46. The number of unbranched alkanes of at least 4 members (excludes halogenated alkanes) is 1. The second-order valence-electron chi connectivity index (χ2n) is 4.33. The van der Waals surface area contributed by atoms with Crippen molar-refractivity contribution >= 4 is 20.9 Å². The van der Waals surface area contributed by atoms with Crippen molar-refractivity contribution in [1.29, 1.82) is 0 Å². The second-order valence-corrected chi connectivity index (χ2v) is 5.65.